The van der Waals surface area contributed by atoms with Gasteiger partial charge in [0.25, 0.3) is 0 Å². The van der Waals surface area contributed by atoms with Crippen molar-refractivity contribution < 1.29 is 0 Å². The molecule has 1 N–H and O–H groups in total. The number of hydrogen-bond donors (Lipinski definition) is 1. The van der Waals surface area contributed by atoms with Crippen molar-refractivity contribution in [2.75, 3.05) is 152 Å². The summed E-state index contributed by atoms with van der Waals surface area (Å²) in [6.07, 6.45) is 2.30. The largest absolute Gasteiger partial charge is 0.314 e. The molecule has 0 aromatic heterocycles. The molecule has 236 valence electrons. The molecule has 0 heterocycles. The first kappa shape index (κ1) is 40.8. The van der Waals surface area contributed by atoms with Gasteiger partial charge in [-0.3, -0.25) is 14.7 Å². The van der Waals surface area contributed by atoms with Crippen LogP contribution in [0.2, 0.25) is 0 Å². The van der Waals surface area contributed by atoms with Crippen LogP contribution in [0.3, 0.4) is 0 Å². The van der Waals surface area contributed by atoms with E-state index in [1.54, 1.807) is 0 Å². The topological polar surface area (TPSA) is 28.2 Å². The lowest BCUT2D eigenvalue weighted by molar-refractivity contribution is 0.178. The molecule has 0 saturated heterocycles. The second-order valence-electron chi connectivity index (χ2n) is 9.49. The van der Waals surface area contributed by atoms with Crippen molar-refractivity contribution in [3.8, 4) is 0 Å². The molecule has 0 amide bonds. The van der Waals surface area contributed by atoms with Crippen LogP contribution in [0.5, 0.6) is 0 Å². The minimum absolute atomic E-state index is 0.624. The summed E-state index contributed by atoms with van der Waals surface area (Å²) in [4.78, 5) is 12.2. The normalized spacial score (nSPS) is 12.3. The second-order valence-corrected chi connectivity index (χ2v) is 12.1. The van der Waals surface area contributed by atoms with Gasteiger partial charge in [0, 0.05) is 139 Å². The smallest absolute Gasteiger partial charge is 0.0351 e. The molecular weight excluding hydrogens is 644 g/mol. The molecule has 0 aliphatic rings. The molecule has 0 aliphatic carbocycles. The van der Waals surface area contributed by atoms with Gasteiger partial charge in [-0.05, 0) is 25.9 Å². The Morgan fingerprint density at radius 2 is 0.564 bits per heavy atom. The number of halogens is 7. The number of unbranched alkanes of at least 4 members (excludes halogenated alkanes) is 1. The van der Waals surface area contributed by atoms with Gasteiger partial charge < -0.3 is 15.1 Å². The highest BCUT2D eigenvalue weighted by Crippen LogP contribution is 2.04. The summed E-state index contributed by atoms with van der Waals surface area (Å²) in [6, 6.07) is 0. The molecule has 13 heteroatoms. The number of alkyl halides is 7. The number of nitrogens with zero attached hydrogens (tertiary/aromatic N) is 5. The van der Waals surface area contributed by atoms with Crippen molar-refractivity contribution in [3.05, 3.63) is 0 Å². The monoisotopic (exact) mass is 694 g/mol. The van der Waals surface area contributed by atoms with E-state index in [1.165, 1.54) is 0 Å². The van der Waals surface area contributed by atoms with Gasteiger partial charge in [-0.2, -0.15) is 0 Å². The predicted molar refractivity (Wildman–Crippen MR) is 179 cm³/mol. The molecule has 39 heavy (non-hydrogen) atoms. The number of rotatable bonds is 31. The van der Waals surface area contributed by atoms with E-state index >= 15 is 0 Å². The minimum Gasteiger partial charge on any atom is -0.314 e. The maximum Gasteiger partial charge on any atom is 0.0351 e. The van der Waals surface area contributed by atoms with Crippen molar-refractivity contribution in [3.63, 3.8) is 0 Å². The SMILES string of the molecule is ClCCNCCN(CCCCN(CCN(CCCl)CCCl)CCN(CCCl)CCCl)CCN(CCCl)CCCl. The third-order valence-corrected chi connectivity index (χ3v) is 7.88. The maximum absolute atomic E-state index is 6.02. The Morgan fingerprint density at radius 1 is 0.282 bits per heavy atom. The summed E-state index contributed by atoms with van der Waals surface area (Å²) in [5.41, 5.74) is 0. The van der Waals surface area contributed by atoms with Crippen molar-refractivity contribution in [2.24, 2.45) is 0 Å². The molecule has 0 aromatic carbocycles. The van der Waals surface area contributed by atoms with Crippen LogP contribution in [-0.4, -0.2) is 177 Å². The summed E-state index contributed by atoms with van der Waals surface area (Å²) in [7, 11) is 0. The molecule has 0 spiro atoms. The van der Waals surface area contributed by atoms with Crippen LogP contribution in [0.1, 0.15) is 12.8 Å². The molecule has 0 unspecified atom stereocenters. The Balaban J connectivity index is 4.92. The molecule has 0 atom stereocenters. The average molecular weight is 698 g/mol. The van der Waals surface area contributed by atoms with Crippen LogP contribution >= 0.6 is 81.2 Å². The van der Waals surface area contributed by atoms with Crippen LogP contribution in [-0.2, 0) is 0 Å². The van der Waals surface area contributed by atoms with Crippen molar-refractivity contribution in [1.29, 1.82) is 0 Å². The van der Waals surface area contributed by atoms with E-state index in [2.05, 4.69) is 29.8 Å². The molecule has 0 fully saturated rings. The van der Waals surface area contributed by atoms with Crippen molar-refractivity contribution in [2.45, 2.75) is 12.8 Å². The Kier molecular flexibility index (Phi) is 32.7. The molecule has 0 aromatic rings. The van der Waals surface area contributed by atoms with E-state index in [-0.39, 0.29) is 0 Å². The third-order valence-electron chi connectivity index (χ3n) is 6.68. The van der Waals surface area contributed by atoms with E-state index in [0.717, 1.165) is 124 Å². The van der Waals surface area contributed by atoms with E-state index in [0.29, 0.717) is 41.2 Å². The summed E-state index contributed by atoms with van der Waals surface area (Å²) in [5, 5.41) is 3.42. The Labute approximate surface area is 274 Å². The van der Waals surface area contributed by atoms with E-state index in [4.69, 9.17) is 81.2 Å². The summed E-state index contributed by atoms with van der Waals surface area (Å²) in [6.45, 7) is 16.1. The fourth-order valence-corrected chi connectivity index (χ4v) is 5.91. The highest BCUT2D eigenvalue weighted by atomic mass is 35.5. The Bertz CT molecular complexity index is 464. The fourth-order valence-electron chi connectivity index (χ4n) is 4.34. The quantitative estimate of drug-likeness (QED) is 0.0846. The standard InChI is InChI=1S/C26H53Cl7N6/c27-3-10-34-11-20-35(21-24-37(14-4-28)15-5-29)12-1-2-13-36(22-25-38(16-6-30)17-7-31)23-26-39(18-8-32)19-9-33/h34H,1-26H2. The van der Waals surface area contributed by atoms with Crippen molar-refractivity contribution in [1.82, 2.24) is 29.8 Å². The summed E-state index contributed by atoms with van der Waals surface area (Å²) < 4.78 is 0. The van der Waals surface area contributed by atoms with Gasteiger partial charge in [0.05, 0.1) is 0 Å². The highest BCUT2D eigenvalue weighted by molar-refractivity contribution is 6.19. The second kappa shape index (κ2) is 31.2. The van der Waals surface area contributed by atoms with Gasteiger partial charge in [-0.25, -0.2) is 0 Å². The summed E-state index contributed by atoms with van der Waals surface area (Å²) in [5.74, 6) is 4.39. The van der Waals surface area contributed by atoms with Crippen LogP contribution in [0.25, 0.3) is 0 Å². The molecule has 0 rings (SSSR count). The molecule has 0 saturated carbocycles. The first-order chi connectivity index (χ1) is 19.1. The first-order valence-corrected chi connectivity index (χ1v) is 18.1. The first-order valence-electron chi connectivity index (χ1n) is 14.3. The van der Waals surface area contributed by atoms with E-state index in [1.807, 2.05) is 0 Å². The lowest BCUT2D eigenvalue weighted by atomic mass is 10.2. The predicted octanol–water partition coefficient (Wildman–Crippen LogP) is 4.54. The van der Waals surface area contributed by atoms with Crippen LogP contribution in [0, 0.1) is 0 Å². The van der Waals surface area contributed by atoms with E-state index < -0.39 is 0 Å². The zero-order valence-corrected chi connectivity index (χ0v) is 29.1. The molecule has 0 aliphatic heterocycles. The molecule has 0 radical (unpaired) electrons. The average Bonchev–Trinajstić information content (AvgIpc) is 2.92. The highest BCUT2D eigenvalue weighted by Gasteiger charge is 2.13. The lowest BCUT2D eigenvalue weighted by Gasteiger charge is -2.30. The zero-order chi connectivity index (χ0) is 29.0. The third kappa shape index (κ3) is 24.9. The fraction of sp³-hybridized carbons (Fsp3) is 1.00. The van der Waals surface area contributed by atoms with Gasteiger partial charge in [0.1, 0.15) is 0 Å². The number of nitrogens with one attached hydrogen (secondary N) is 1. The van der Waals surface area contributed by atoms with Gasteiger partial charge >= 0.3 is 0 Å². The van der Waals surface area contributed by atoms with Crippen LogP contribution in [0.4, 0.5) is 0 Å². The Morgan fingerprint density at radius 3 is 0.846 bits per heavy atom. The van der Waals surface area contributed by atoms with Crippen LogP contribution < -0.4 is 5.32 Å². The van der Waals surface area contributed by atoms with Crippen molar-refractivity contribution >= 4 is 81.2 Å². The zero-order valence-electron chi connectivity index (χ0n) is 23.8. The van der Waals surface area contributed by atoms with Gasteiger partial charge in [-0.15, -0.1) is 81.2 Å². The van der Waals surface area contributed by atoms with Gasteiger partial charge in [-0.1, -0.05) is 0 Å². The Hall–Kier alpha value is 1.79. The number of hydrogen-bond acceptors (Lipinski definition) is 6. The van der Waals surface area contributed by atoms with Gasteiger partial charge in [0.2, 0.25) is 0 Å². The minimum atomic E-state index is 0.624. The van der Waals surface area contributed by atoms with E-state index in [9.17, 15) is 0 Å². The lowest BCUT2D eigenvalue weighted by Crippen LogP contribution is -2.42. The molecule has 6 nitrogen and oxygen atoms in total. The van der Waals surface area contributed by atoms with Gasteiger partial charge in [0.15, 0.2) is 0 Å². The molecular formula is C26H53Cl7N6. The maximum atomic E-state index is 6.02. The molecule has 0 bridgehead atoms. The van der Waals surface area contributed by atoms with Crippen LogP contribution in [0.15, 0.2) is 0 Å². The summed E-state index contributed by atoms with van der Waals surface area (Å²) >= 11 is 41.9.